The second kappa shape index (κ2) is 5.90. The number of nitrogen functional groups attached to an aromatic ring is 1. The molecule has 2 N–H and O–H groups in total. The van der Waals surface area contributed by atoms with Gasteiger partial charge < -0.3 is 15.2 Å². The fraction of sp³-hybridized carbons (Fsp3) is 0.471. The van der Waals surface area contributed by atoms with Crippen molar-refractivity contribution in [3.05, 3.63) is 30.0 Å². The molecule has 1 aliphatic carbocycles. The predicted octanol–water partition coefficient (Wildman–Crippen LogP) is 3.46. The Morgan fingerprint density at radius 2 is 2.00 bits per heavy atom. The number of anilines is 1. The molecule has 4 heteroatoms. The smallest absolute Gasteiger partial charge is 0.130 e. The van der Waals surface area contributed by atoms with E-state index in [9.17, 15) is 0 Å². The van der Waals surface area contributed by atoms with Crippen molar-refractivity contribution in [2.24, 2.45) is 0 Å². The van der Waals surface area contributed by atoms with Gasteiger partial charge in [-0.2, -0.15) is 0 Å². The highest BCUT2D eigenvalue weighted by Gasteiger charge is 2.23. The van der Waals surface area contributed by atoms with Crippen LogP contribution in [0.15, 0.2) is 24.3 Å². The summed E-state index contributed by atoms with van der Waals surface area (Å²) in [6.45, 7) is 1.99. The molecule has 4 nitrogen and oxygen atoms in total. The maximum Gasteiger partial charge on any atom is 0.130 e. The maximum absolute atomic E-state index is 6.26. The average Bonchev–Trinajstić information content (AvgIpc) is 2.48. The average molecular weight is 286 g/mol. The summed E-state index contributed by atoms with van der Waals surface area (Å²) in [4.78, 5) is 4.54. The number of pyridine rings is 1. The first-order chi connectivity index (χ1) is 10.2. The van der Waals surface area contributed by atoms with E-state index in [-0.39, 0.29) is 6.10 Å². The highest BCUT2D eigenvalue weighted by atomic mass is 16.5. The van der Waals surface area contributed by atoms with Gasteiger partial charge in [0.15, 0.2) is 0 Å². The topological polar surface area (TPSA) is 57.4 Å². The molecular formula is C17H22N2O2. The Hall–Kier alpha value is -1.81. The number of hydrogen-bond acceptors (Lipinski definition) is 4. The number of nitrogens with zero attached hydrogens (tertiary/aromatic N) is 1. The zero-order chi connectivity index (χ0) is 14.8. The molecule has 1 fully saturated rings. The minimum Gasteiger partial charge on any atom is -0.490 e. The number of benzene rings is 1. The third-order valence-corrected chi connectivity index (χ3v) is 4.13. The van der Waals surface area contributed by atoms with Crippen molar-refractivity contribution in [1.82, 2.24) is 4.98 Å². The lowest BCUT2D eigenvalue weighted by Gasteiger charge is -2.29. The Kier molecular flexibility index (Phi) is 3.97. The largest absolute Gasteiger partial charge is 0.490 e. The SMILES string of the molecule is COC1CCCC(Oc2cc(C)nc3ccc(N)cc23)C1. The molecular weight excluding hydrogens is 264 g/mol. The van der Waals surface area contributed by atoms with Crippen LogP contribution < -0.4 is 10.5 Å². The van der Waals surface area contributed by atoms with Crippen molar-refractivity contribution >= 4 is 16.6 Å². The van der Waals surface area contributed by atoms with E-state index in [2.05, 4.69) is 4.98 Å². The summed E-state index contributed by atoms with van der Waals surface area (Å²) in [6, 6.07) is 7.76. The number of methoxy groups -OCH3 is 1. The first-order valence-electron chi connectivity index (χ1n) is 7.52. The van der Waals surface area contributed by atoms with E-state index >= 15 is 0 Å². The Morgan fingerprint density at radius 1 is 1.19 bits per heavy atom. The summed E-state index contributed by atoms with van der Waals surface area (Å²) in [5.41, 5.74) is 8.53. The van der Waals surface area contributed by atoms with Crippen molar-refractivity contribution in [2.75, 3.05) is 12.8 Å². The molecule has 0 spiro atoms. The molecule has 112 valence electrons. The molecule has 1 aliphatic rings. The van der Waals surface area contributed by atoms with E-state index in [1.54, 1.807) is 7.11 Å². The summed E-state index contributed by atoms with van der Waals surface area (Å²) >= 11 is 0. The molecule has 0 bridgehead atoms. The molecule has 21 heavy (non-hydrogen) atoms. The third kappa shape index (κ3) is 3.10. The van der Waals surface area contributed by atoms with Crippen LogP contribution in [0, 0.1) is 6.92 Å². The van der Waals surface area contributed by atoms with E-state index in [0.717, 1.165) is 53.7 Å². The van der Waals surface area contributed by atoms with Crippen LogP contribution in [0.5, 0.6) is 5.75 Å². The lowest BCUT2D eigenvalue weighted by molar-refractivity contribution is 0.0214. The highest BCUT2D eigenvalue weighted by Crippen LogP contribution is 2.31. The maximum atomic E-state index is 6.26. The van der Waals surface area contributed by atoms with Gasteiger partial charge in [-0.15, -0.1) is 0 Å². The summed E-state index contributed by atoms with van der Waals surface area (Å²) in [6.07, 6.45) is 4.80. The zero-order valence-corrected chi connectivity index (χ0v) is 12.6. The van der Waals surface area contributed by atoms with Crippen molar-refractivity contribution < 1.29 is 9.47 Å². The molecule has 2 unspecified atom stereocenters. The molecule has 0 radical (unpaired) electrons. The van der Waals surface area contributed by atoms with Crippen LogP contribution in [-0.4, -0.2) is 24.3 Å². The Bertz CT molecular complexity index is 642. The summed E-state index contributed by atoms with van der Waals surface area (Å²) in [7, 11) is 1.78. The van der Waals surface area contributed by atoms with E-state index in [4.69, 9.17) is 15.2 Å². The van der Waals surface area contributed by atoms with Gasteiger partial charge in [0, 0.05) is 36.4 Å². The monoisotopic (exact) mass is 286 g/mol. The lowest BCUT2D eigenvalue weighted by atomic mass is 9.95. The minimum absolute atomic E-state index is 0.204. The third-order valence-electron chi connectivity index (χ3n) is 4.13. The summed E-state index contributed by atoms with van der Waals surface area (Å²) in [5.74, 6) is 0.881. The number of ether oxygens (including phenoxy) is 2. The molecule has 2 aromatic rings. The quantitative estimate of drug-likeness (QED) is 0.878. The molecule has 2 atom stereocenters. The van der Waals surface area contributed by atoms with Crippen LogP contribution in [-0.2, 0) is 4.74 Å². The van der Waals surface area contributed by atoms with Gasteiger partial charge in [0.25, 0.3) is 0 Å². The fourth-order valence-corrected chi connectivity index (χ4v) is 3.04. The second-order valence-electron chi connectivity index (χ2n) is 5.80. The van der Waals surface area contributed by atoms with Gasteiger partial charge >= 0.3 is 0 Å². The Morgan fingerprint density at radius 3 is 2.81 bits per heavy atom. The highest BCUT2D eigenvalue weighted by molar-refractivity contribution is 5.87. The van der Waals surface area contributed by atoms with Gasteiger partial charge in [-0.1, -0.05) is 0 Å². The first kappa shape index (κ1) is 14.1. The molecule has 1 aromatic carbocycles. The number of hydrogen-bond donors (Lipinski definition) is 1. The number of nitrogens with two attached hydrogens (primary N) is 1. The van der Waals surface area contributed by atoms with Crippen LogP contribution in [0.4, 0.5) is 5.69 Å². The standard InChI is InChI=1S/C17H22N2O2/c1-11-8-17(15-9-12(18)6-7-16(15)19-11)21-14-5-3-4-13(10-14)20-2/h6-9,13-14H,3-5,10,18H2,1-2H3. The van der Waals surface area contributed by atoms with Gasteiger partial charge in [0.1, 0.15) is 11.9 Å². The zero-order valence-electron chi connectivity index (χ0n) is 12.6. The van der Waals surface area contributed by atoms with Crippen LogP contribution >= 0.6 is 0 Å². The molecule has 0 saturated heterocycles. The van der Waals surface area contributed by atoms with Gasteiger partial charge in [0.2, 0.25) is 0 Å². The molecule has 0 aliphatic heterocycles. The van der Waals surface area contributed by atoms with Crippen LogP contribution in [0.1, 0.15) is 31.4 Å². The molecule has 1 aromatic heterocycles. The van der Waals surface area contributed by atoms with E-state index < -0.39 is 0 Å². The van der Waals surface area contributed by atoms with Crippen LogP contribution in [0.3, 0.4) is 0 Å². The molecule has 1 heterocycles. The van der Waals surface area contributed by atoms with Gasteiger partial charge in [-0.25, -0.2) is 0 Å². The number of aryl methyl sites for hydroxylation is 1. The predicted molar refractivity (Wildman–Crippen MR) is 84.6 cm³/mol. The summed E-state index contributed by atoms with van der Waals surface area (Å²) < 4.78 is 11.7. The second-order valence-corrected chi connectivity index (χ2v) is 5.80. The van der Waals surface area contributed by atoms with Gasteiger partial charge in [-0.05, 0) is 44.4 Å². The van der Waals surface area contributed by atoms with E-state index in [1.807, 2.05) is 31.2 Å². The van der Waals surface area contributed by atoms with E-state index in [0.29, 0.717) is 6.10 Å². The van der Waals surface area contributed by atoms with Gasteiger partial charge in [-0.3, -0.25) is 4.98 Å². The summed E-state index contributed by atoms with van der Waals surface area (Å²) in [5, 5.41) is 0.986. The van der Waals surface area contributed by atoms with Crippen LogP contribution in [0.25, 0.3) is 10.9 Å². The lowest BCUT2D eigenvalue weighted by Crippen LogP contribution is -2.29. The number of fused-ring (bicyclic) bond motifs is 1. The van der Waals surface area contributed by atoms with E-state index in [1.165, 1.54) is 0 Å². The number of rotatable bonds is 3. The molecule has 0 amide bonds. The van der Waals surface area contributed by atoms with Gasteiger partial charge in [0.05, 0.1) is 11.6 Å². The van der Waals surface area contributed by atoms with Crippen molar-refractivity contribution in [1.29, 1.82) is 0 Å². The van der Waals surface area contributed by atoms with Crippen molar-refractivity contribution in [2.45, 2.75) is 44.8 Å². The number of aromatic nitrogens is 1. The van der Waals surface area contributed by atoms with Crippen molar-refractivity contribution in [3.63, 3.8) is 0 Å². The van der Waals surface area contributed by atoms with Crippen molar-refractivity contribution in [3.8, 4) is 5.75 Å². The molecule has 1 saturated carbocycles. The minimum atomic E-state index is 0.204. The Labute approximate surface area is 125 Å². The Balaban J connectivity index is 1.90. The molecule has 3 rings (SSSR count). The van der Waals surface area contributed by atoms with Crippen LogP contribution in [0.2, 0.25) is 0 Å². The fourth-order valence-electron chi connectivity index (χ4n) is 3.04. The first-order valence-corrected chi connectivity index (χ1v) is 7.52. The normalized spacial score (nSPS) is 22.4.